The first-order chi connectivity index (χ1) is 11.2. The van der Waals surface area contributed by atoms with Gasteiger partial charge in [0.1, 0.15) is 17.4 Å². The molecule has 2 atom stereocenters. The van der Waals surface area contributed by atoms with Gasteiger partial charge in [-0.2, -0.15) is 0 Å². The van der Waals surface area contributed by atoms with Gasteiger partial charge in [0.15, 0.2) is 0 Å². The number of nitrogens with one attached hydrogen (secondary N) is 1. The zero-order valence-corrected chi connectivity index (χ0v) is 15.6. The summed E-state index contributed by atoms with van der Waals surface area (Å²) in [4.78, 5) is 28.5. The summed E-state index contributed by atoms with van der Waals surface area (Å²) in [5.41, 5.74) is 2.14. The topological polar surface area (TPSA) is 78.8 Å². The predicted molar refractivity (Wildman–Crippen MR) is 90.5 cm³/mol. The molecule has 1 aromatic heterocycles. The van der Waals surface area contributed by atoms with Crippen molar-refractivity contribution >= 4 is 28.0 Å². The van der Waals surface area contributed by atoms with Crippen LogP contribution >= 0.6 is 15.9 Å². The lowest BCUT2D eigenvalue weighted by Gasteiger charge is -2.21. The molecule has 132 valence electrons. The van der Waals surface area contributed by atoms with Crippen LogP contribution in [-0.4, -0.2) is 35.4 Å². The number of amides is 1. The van der Waals surface area contributed by atoms with Crippen LogP contribution in [0.5, 0.6) is 0 Å². The highest BCUT2D eigenvalue weighted by Crippen LogP contribution is 2.31. The molecule has 1 aliphatic rings. The number of aromatic nitrogens is 1. The van der Waals surface area contributed by atoms with Crippen molar-refractivity contribution in [3.63, 3.8) is 0 Å². The monoisotopic (exact) mass is 400 g/mol. The van der Waals surface area contributed by atoms with Crippen LogP contribution in [0.15, 0.2) is 28.9 Å². The first-order valence-electron chi connectivity index (χ1n) is 7.49. The Morgan fingerprint density at radius 3 is 2.62 bits per heavy atom. The number of ether oxygens (including phenoxy) is 2. The minimum Gasteiger partial charge on any atom is -0.429 e. The Bertz CT molecular complexity index is 647. The summed E-state index contributed by atoms with van der Waals surface area (Å²) >= 11 is 3.43. The van der Waals surface area contributed by atoms with Gasteiger partial charge in [-0.05, 0) is 54.9 Å². The summed E-state index contributed by atoms with van der Waals surface area (Å²) in [6.07, 6.45) is 3.08. The number of halogens is 1. The van der Waals surface area contributed by atoms with E-state index in [4.69, 9.17) is 9.47 Å². The SMILES string of the molecule is CONC(=O)c1ccc(Br)n1C1C=C[C@H](OC(=O)OC(C)(C)C)C1. The van der Waals surface area contributed by atoms with E-state index in [0.717, 1.165) is 4.60 Å². The van der Waals surface area contributed by atoms with Gasteiger partial charge >= 0.3 is 6.16 Å². The van der Waals surface area contributed by atoms with Gasteiger partial charge in [0, 0.05) is 6.42 Å². The molecule has 1 N–H and O–H groups in total. The van der Waals surface area contributed by atoms with Gasteiger partial charge in [-0.25, -0.2) is 10.3 Å². The molecule has 8 heteroatoms. The number of carbonyl (C=O) groups excluding carboxylic acids is 2. The van der Waals surface area contributed by atoms with Gasteiger partial charge in [-0.15, -0.1) is 0 Å². The summed E-state index contributed by atoms with van der Waals surface area (Å²) in [6, 6.07) is 3.34. The minimum atomic E-state index is -0.707. The second-order valence-electron chi connectivity index (χ2n) is 6.36. The van der Waals surface area contributed by atoms with Crippen molar-refractivity contribution in [1.29, 1.82) is 0 Å². The van der Waals surface area contributed by atoms with Crippen molar-refractivity contribution in [1.82, 2.24) is 10.0 Å². The quantitative estimate of drug-likeness (QED) is 0.476. The summed E-state index contributed by atoms with van der Waals surface area (Å²) < 4.78 is 13.0. The third-order valence-corrected chi connectivity index (χ3v) is 3.93. The second kappa shape index (κ2) is 7.40. The van der Waals surface area contributed by atoms with Crippen LogP contribution in [0, 0.1) is 0 Å². The van der Waals surface area contributed by atoms with E-state index in [2.05, 4.69) is 26.2 Å². The van der Waals surface area contributed by atoms with Crippen LogP contribution in [0.3, 0.4) is 0 Å². The maximum Gasteiger partial charge on any atom is 0.509 e. The Morgan fingerprint density at radius 2 is 2.00 bits per heavy atom. The van der Waals surface area contributed by atoms with E-state index in [-0.39, 0.29) is 11.9 Å². The summed E-state index contributed by atoms with van der Waals surface area (Å²) in [5.74, 6) is -0.354. The lowest BCUT2D eigenvalue weighted by molar-refractivity contribution is -0.0192. The maximum atomic E-state index is 12.0. The first kappa shape index (κ1) is 18.5. The fraction of sp³-hybridized carbons (Fsp3) is 0.500. The lowest BCUT2D eigenvalue weighted by Crippen LogP contribution is -2.28. The van der Waals surface area contributed by atoms with Gasteiger partial charge in [-0.1, -0.05) is 6.08 Å². The Balaban J connectivity index is 2.04. The van der Waals surface area contributed by atoms with E-state index in [9.17, 15) is 9.59 Å². The molecule has 1 amide bonds. The molecule has 1 aromatic rings. The molecule has 0 aromatic carbocycles. The molecule has 0 bridgehead atoms. The summed E-state index contributed by atoms with van der Waals surface area (Å²) in [7, 11) is 1.38. The fourth-order valence-corrected chi connectivity index (χ4v) is 3.00. The van der Waals surface area contributed by atoms with Crippen molar-refractivity contribution in [3.8, 4) is 0 Å². The Morgan fingerprint density at radius 1 is 1.29 bits per heavy atom. The van der Waals surface area contributed by atoms with Gasteiger partial charge in [0.2, 0.25) is 0 Å². The molecular weight excluding hydrogens is 380 g/mol. The van der Waals surface area contributed by atoms with E-state index in [1.807, 2.05) is 10.6 Å². The lowest BCUT2D eigenvalue weighted by atomic mass is 10.2. The number of hydrogen-bond acceptors (Lipinski definition) is 5. The van der Waals surface area contributed by atoms with E-state index < -0.39 is 17.9 Å². The highest BCUT2D eigenvalue weighted by atomic mass is 79.9. The number of rotatable bonds is 4. The van der Waals surface area contributed by atoms with E-state index in [1.165, 1.54) is 7.11 Å². The van der Waals surface area contributed by atoms with E-state index in [1.54, 1.807) is 39.0 Å². The smallest absolute Gasteiger partial charge is 0.429 e. The second-order valence-corrected chi connectivity index (χ2v) is 7.17. The van der Waals surface area contributed by atoms with Gasteiger partial charge in [0.25, 0.3) is 5.91 Å². The molecule has 7 nitrogen and oxygen atoms in total. The van der Waals surface area contributed by atoms with Crippen LogP contribution < -0.4 is 5.48 Å². The summed E-state index contributed by atoms with van der Waals surface area (Å²) in [6.45, 7) is 5.33. The zero-order valence-electron chi connectivity index (χ0n) is 14.0. The first-order valence-corrected chi connectivity index (χ1v) is 8.28. The van der Waals surface area contributed by atoms with Crippen LogP contribution in [0.25, 0.3) is 0 Å². The molecule has 1 unspecified atom stereocenters. The molecule has 0 aliphatic heterocycles. The Labute approximate surface area is 149 Å². The van der Waals surface area contributed by atoms with Crippen LogP contribution in [0.2, 0.25) is 0 Å². The van der Waals surface area contributed by atoms with Crippen molar-refractivity contribution in [2.24, 2.45) is 0 Å². The standard InChI is InChI=1S/C16H21BrN2O5/c1-16(2,3)24-15(21)23-11-6-5-10(9-11)19-12(7-8-13(19)17)14(20)18-22-4/h5-8,10-11H,9H2,1-4H3,(H,18,20)/t10?,11-/m0/s1. The fourth-order valence-electron chi connectivity index (χ4n) is 2.41. The highest BCUT2D eigenvalue weighted by molar-refractivity contribution is 9.10. The third-order valence-electron chi connectivity index (χ3n) is 3.29. The van der Waals surface area contributed by atoms with Gasteiger partial charge < -0.3 is 14.0 Å². The van der Waals surface area contributed by atoms with Crippen molar-refractivity contribution < 1.29 is 23.9 Å². The Kier molecular flexibility index (Phi) is 5.71. The van der Waals surface area contributed by atoms with Crippen molar-refractivity contribution in [2.75, 3.05) is 7.11 Å². The van der Waals surface area contributed by atoms with Crippen LogP contribution in [-0.2, 0) is 14.3 Å². The van der Waals surface area contributed by atoms with Gasteiger partial charge in [0.05, 0.1) is 17.8 Å². The Hall–Kier alpha value is -1.80. The molecule has 0 saturated carbocycles. The molecule has 0 fully saturated rings. The van der Waals surface area contributed by atoms with E-state index >= 15 is 0 Å². The average Bonchev–Trinajstić information content (AvgIpc) is 3.03. The number of allylic oxidation sites excluding steroid dienone is 1. The van der Waals surface area contributed by atoms with E-state index in [0.29, 0.717) is 12.1 Å². The third kappa shape index (κ3) is 4.61. The molecular formula is C16H21BrN2O5. The normalized spacial score (nSPS) is 20.0. The minimum absolute atomic E-state index is 0.126. The molecule has 0 saturated heterocycles. The number of hydrogen-bond donors (Lipinski definition) is 1. The largest absolute Gasteiger partial charge is 0.509 e. The van der Waals surface area contributed by atoms with Crippen molar-refractivity contribution in [2.45, 2.75) is 44.9 Å². The number of carbonyl (C=O) groups is 2. The molecule has 2 rings (SSSR count). The predicted octanol–water partition coefficient (Wildman–Crippen LogP) is 3.36. The maximum absolute atomic E-state index is 12.0. The van der Waals surface area contributed by atoms with Crippen molar-refractivity contribution in [3.05, 3.63) is 34.6 Å². The van der Waals surface area contributed by atoms with Gasteiger partial charge in [-0.3, -0.25) is 9.63 Å². The molecule has 1 aliphatic carbocycles. The number of nitrogens with zero attached hydrogens (tertiary/aromatic N) is 1. The zero-order chi connectivity index (χ0) is 17.9. The summed E-state index contributed by atoms with van der Waals surface area (Å²) in [5, 5.41) is 0. The van der Waals surface area contributed by atoms with Crippen LogP contribution in [0.1, 0.15) is 43.7 Å². The average molecular weight is 401 g/mol. The molecule has 1 heterocycles. The highest BCUT2D eigenvalue weighted by Gasteiger charge is 2.29. The molecule has 0 spiro atoms. The molecule has 24 heavy (non-hydrogen) atoms. The van der Waals surface area contributed by atoms with Crippen LogP contribution in [0.4, 0.5) is 4.79 Å². The number of hydroxylamine groups is 1. The molecule has 0 radical (unpaired) electrons.